The zero-order valence-corrected chi connectivity index (χ0v) is 10.4. The largest absolute Gasteiger partial charge is 0.389 e. The first kappa shape index (κ1) is 11.9. The average Bonchev–Trinajstić information content (AvgIpc) is 1.99. The summed E-state index contributed by atoms with van der Waals surface area (Å²) in [6.07, 6.45) is 0. The molecule has 0 spiro atoms. The van der Waals surface area contributed by atoms with Crippen LogP contribution >= 0.6 is 12.2 Å². The summed E-state index contributed by atoms with van der Waals surface area (Å²) in [4.78, 5) is 4.81. The SMILES string of the molecule is Cc1cc(C)c(C(N)=S)c(NC(C)C)n1. The van der Waals surface area contributed by atoms with Crippen LogP contribution in [0.4, 0.5) is 5.82 Å². The Labute approximate surface area is 96.1 Å². The van der Waals surface area contributed by atoms with E-state index in [1.807, 2.05) is 19.9 Å². The normalized spacial score (nSPS) is 10.5. The quantitative estimate of drug-likeness (QED) is 0.771. The molecule has 1 aromatic heterocycles. The summed E-state index contributed by atoms with van der Waals surface area (Å²) in [7, 11) is 0. The van der Waals surface area contributed by atoms with Crippen molar-refractivity contribution < 1.29 is 0 Å². The third-order valence-corrected chi connectivity index (χ3v) is 2.22. The van der Waals surface area contributed by atoms with Crippen LogP contribution in [0.5, 0.6) is 0 Å². The van der Waals surface area contributed by atoms with Crippen molar-refractivity contribution in [2.45, 2.75) is 33.7 Å². The van der Waals surface area contributed by atoms with E-state index in [9.17, 15) is 0 Å². The van der Waals surface area contributed by atoms with E-state index in [1.165, 1.54) is 0 Å². The van der Waals surface area contributed by atoms with E-state index >= 15 is 0 Å². The lowest BCUT2D eigenvalue weighted by molar-refractivity contribution is 0.885. The number of nitrogens with two attached hydrogens (primary N) is 1. The van der Waals surface area contributed by atoms with Gasteiger partial charge >= 0.3 is 0 Å². The van der Waals surface area contributed by atoms with Gasteiger partial charge in [0.05, 0.1) is 5.56 Å². The predicted octanol–water partition coefficient (Wildman–Crippen LogP) is 2.15. The van der Waals surface area contributed by atoms with Crippen molar-refractivity contribution in [1.82, 2.24) is 4.98 Å². The number of anilines is 1. The lowest BCUT2D eigenvalue weighted by Crippen LogP contribution is -2.19. The average molecular weight is 223 g/mol. The number of hydrogen-bond donors (Lipinski definition) is 2. The molecule has 0 saturated heterocycles. The van der Waals surface area contributed by atoms with Gasteiger partial charge in [0.15, 0.2) is 0 Å². The topological polar surface area (TPSA) is 50.9 Å². The maximum Gasteiger partial charge on any atom is 0.136 e. The van der Waals surface area contributed by atoms with Crippen molar-refractivity contribution >= 4 is 23.0 Å². The Hall–Kier alpha value is -1.16. The van der Waals surface area contributed by atoms with Crippen molar-refractivity contribution in [2.75, 3.05) is 5.32 Å². The van der Waals surface area contributed by atoms with Gasteiger partial charge in [-0.3, -0.25) is 0 Å². The second-order valence-corrected chi connectivity index (χ2v) is 4.41. The summed E-state index contributed by atoms with van der Waals surface area (Å²) >= 11 is 5.03. The zero-order chi connectivity index (χ0) is 11.6. The molecule has 0 amide bonds. The number of thiocarbonyl (C=S) groups is 1. The third-order valence-electron chi connectivity index (χ3n) is 2.02. The maximum atomic E-state index is 5.69. The van der Waals surface area contributed by atoms with E-state index in [4.69, 9.17) is 18.0 Å². The minimum Gasteiger partial charge on any atom is -0.389 e. The van der Waals surface area contributed by atoms with Crippen LogP contribution in [0.1, 0.15) is 30.7 Å². The summed E-state index contributed by atoms with van der Waals surface area (Å²) in [6, 6.07) is 2.30. The van der Waals surface area contributed by atoms with Gasteiger partial charge in [-0.25, -0.2) is 4.98 Å². The Morgan fingerprint density at radius 3 is 2.53 bits per heavy atom. The summed E-state index contributed by atoms with van der Waals surface area (Å²) in [6.45, 7) is 8.07. The Balaban J connectivity index is 3.27. The predicted molar refractivity (Wildman–Crippen MR) is 68.4 cm³/mol. The van der Waals surface area contributed by atoms with Crippen LogP contribution in [-0.2, 0) is 0 Å². The second kappa shape index (κ2) is 4.57. The smallest absolute Gasteiger partial charge is 0.136 e. The molecule has 0 saturated carbocycles. The first-order valence-corrected chi connectivity index (χ1v) is 5.37. The summed E-state index contributed by atoms with van der Waals surface area (Å²) in [5.74, 6) is 0.787. The fourth-order valence-electron chi connectivity index (χ4n) is 1.53. The minimum atomic E-state index is 0.312. The standard InChI is InChI=1S/C11H17N3S/c1-6(2)13-11-9(10(12)15)7(3)5-8(4)14-11/h5-6H,1-4H3,(H2,12,15)(H,13,14). The van der Waals surface area contributed by atoms with E-state index < -0.39 is 0 Å². The van der Waals surface area contributed by atoms with Crippen LogP contribution in [0.25, 0.3) is 0 Å². The summed E-state index contributed by atoms with van der Waals surface area (Å²) in [5.41, 5.74) is 8.58. The second-order valence-electron chi connectivity index (χ2n) is 3.97. The molecule has 15 heavy (non-hydrogen) atoms. The molecule has 0 bridgehead atoms. The molecular formula is C11H17N3S. The number of nitrogens with one attached hydrogen (secondary N) is 1. The summed E-state index contributed by atoms with van der Waals surface area (Å²) < 4.78 is 0. The first-order chi connectivity index (χ1) is 6.91. The molecule has 1 heterocycles. The van der Waals surface area contributed by atoms with E-state index in [2.05, 4.69) is 24.1 Å². The van der Waals surface area contributed by atoms with Crippen molar-refractivity contribution in [1.29, 1.82) is 0 Å². The van der Waals surface area contributed by atoms with Gasteiger partial charge in [-0.15, -0.1) is 0 Å². The van der Waals surface area contributed by atoms with E-state index in [0.29, 0.717) is 11.0 Å². The maximum absolute atomic E-state index is 5.69. The molecule has 0 aliphatic heterocycles. The van der Waals surface area contributed by atoms with Gasteiger partial charge in [-0.2, -0.15) is 0 Å². The molecule has 1 aromatic rings. The Morgan fingerprint density at radius 1 is 1.47 bits per heavy atom. The Kier molecular flexibility index (Phi) is 3.63. The van der Waals surface area contributed by atoms with Gasteiger partial charge in [0.2, 0.25) is 0 Å². The summed E-state index contributed by atoms with van der Waals surface area (Å²) in [5, 5.41) is 3.26. The molecule has 0 aromatic carbocycles. The van der Waals surface area contributed by atoms with Crippen LogP contribution in [0.2, 0.25) is 0 Å². The van der Waals surface area contributed by atoms with Gasteiger partial charge in [0.1, 0.15) is 10.8 Å². The number of aromatic nitrogens is 1. The Morgan fingerprint density at radius 2 is 2.07 bits per heavy atom. The van der Waals surface area contributed by atoms with Crippen molar-refractivity contribution in [3.8, 4) is 0 Å². The molecule has 4 heteroatoms. The van der Waals surface area contributed by atoms with Crippen LogP contribution in [0.15, 0.2) is 6.07 Å². The zero-order valence-electron chi connectivity index (χ0n) is 9.59. The van der Waals surface area contributed by atoms with E-state index in [1.54, 1.807) is 0 Å². The highest BCUT2D eigenvalue weighted by Gasteiger charge is 2.11. The Bertz CT molecular complexity index is 386. The monoisotopic (exact) mass is 223 g/mol. The van der Waals surface area contributed by atoms with Crippen LogP contribution < -0.4 is 11.1 Å². The fourth-order valence-corrected chi connectivity index (χ4v) is 1.78. The number of aryl methyl sites for hydroxylation is 2. The molecular weight excluding hydrogens is 206 g/mol. The molecule has 0 unspecified atom stereocenters. The highest BCUT2D eigenvalue weighted by molar-refractivity contribution is 7.80. The van der Waals surface area contributed by atoms with Crippen LogP contribution in [0, 0.1) is 13.8 Å². The van der Waals surface area contributed by atoms with Gasteiger partial charge in [-0.1, -0.05) is 12.2 Å². The fraction of sp³-hybridized carbons (Fsp3) is 0.455. The molecule has 0 aliphatic rings. The van der Waals surface area contributed by atoms with Crippen LogP contribution in [-0.4, -0.2) is 16.0 Å². The lowest BCUT2D eigenvalue weighted by Gasteiger charge is -2.15. The molecule has 82 valence electrons. The molecule has 0 aliphatic carbocycles. The lowest BCUT2D eigenvalue weighted by atomic mass is 10.1. The molecule has 0 radical (unpaired) electrons. The van der Waals surface area contributed by atoms with E-state index in [-0.39, 0.29) is 0 Å². The molecule has 3 nitrogen and oxygen atoms in total. The van der Waals surface area contributed by atoms with Gasteiger partial charge < -0.3 is 11.1 Å². The van der Waals surface area contributed by atoms with Crippen molar-refractivity contribution in [3.63, 3.8) is 0 Å². The third kappa shape index (κ3) is 2.89. The highest BCUT2D eigenvalue weighted by atomic mass is 32.1. The number of pyridine rings is 1. The van der Waals surface area contributed by atoms with Crippen molar-refractivity contribution in [2.24, 2.45) is 5.73 Å². The molecule has 1 rings (SSSR count). The van der Waals surface area contributed by atoms with Gasteiger partial charge in [0, 0.05) is 11.7 Å². The van der Waals surface area contributed by atoms with Crippen molar-refractivity contribution in [3.05, 3.63) is 22.9 Å². The first-order valence-electron chi connectivity index (χ1n) is 4.96. The van der Waals surface area contributed by atoms with Gasteiger partial charge in [-0.05, 0) is 39.3 Å². The highest BCUT2D eigenvalue weighted by Crippen LogP contribution is 2.19. The number of hydrogen-bond acceptors (Lipinski definition) is 3. The molecule has 3 N–H and O–H groups in total. The van der Waals surface area contributed by atoms with Gasteiger partial charge in [0.25, 0.3) is 0 Å². The van der Waals surface area contributed by atoms with Crippen LogP contribution in [0.3, 0.4) is 0 Å². The minimum absolute atomic E-state index is 0.312. The van der Waals surface area contributed by atoms with E-state index in [0.717, 1.165) is 22.6 Å². The molecule has 0 fully saturated rings. The number of nitrogens with zero attached hydrogens (tertiary/aromatic N) is 1. The molecule has 0 atom stereocenters. The number of rotatable bonds is 3.